The third-order valence-corrected chi connectivity index (χ3v) is 3.78. The summed E-state index contributed by atoms with van der Waals surface area (Å²) in [5, 5.41) is 7.89. The van der Waals surface area contributed by atoms with E-state index in [0.717, 1.165) is 12.2 Å². The Morgan fingerprint density at radius 1 is 1.25 bits per heavy atom. The highest BCUT2D eigenvalue weighted by Gasteiger charge is 2.21. The van der Waals surface area contributed by atoms with Crippen molar-refractivity contribution in [2.45, 2.75) is 71.4 Å². The van der Waals surface area contributed by atoms with Crippen LogP contribution in [0.3, 0.4) is 0 Å². The standard InChI is InChI=1S/C16H31N3O/c1-6-7-8-9-10-11-14(17-4)16-15(20-5)12-18-19(16)13(2)3/h12-14,17H,6-11H2,1-5H3. The Morgan fingerprint density at radius 3 is 2.50 bits per heavy atom. The predicted molar refractivity (Wildman–Crippen MR) is 84.3 cm³/mol. The molecule has 4 nitrogen and oxygen atoms in total. The summed E-state index contributed by atoms with van der Waals surface area (Å²) in [6.45, 7) is 6.57. The van der Waals surface area contributed by atoms with Crippen LogP contribution in [-0.2, 0) is 0 Å². The van der Waals surface area contributed by atoms with E-state index in [0.29, 0.717) is 12.1 Å². The van der Waals surface area contributed by atoms with Crippen molar-refractivity contribution in [2.24, 2.45) is 0 Å². The van der Waals surface area contributed by atoms with Gasteiger partial charge < -0.3 is 10.1 Å². The molecule has 1 aromatic heterocycles. The number of aromatic nitrogens is 2. The molecule has 0 fully saturated rings. The molecule has 0 radical (unpaired) electrons. The summed E-state index contributed by atoms with van der Waals surface area (Å²) in [6.07, 6.45) is 9.50. The van der Waals surface area contributed by atoms with Crippen LogP contribution in [0.2, 0.25) is 0 Å². The van der Waals surface area contributed by atoms with Gasteiger partial charge in [-0.3, -0.25) is 4.68 Å². The summed E-state index contributed by atoms with van der Waals surface area (Å²) in [4.78, 5) is 0. The van der Waals surface area contributed by atoms with Crippen LogP contribution in [0.4, 0.5) is 0 Å². The number of methoxy groups -OCH3 is 1. The van der Waals surface area contributed by atoms with E-state index < -0.39 is 0 Å². The van der Waals surface area contributed by atoms with Gasteiger partial charge >= 0.3 is 0 Å². The lowest BCUT2D eigenvalue weighted by atomic mass is 10.0. The van der Waals surface area contributed by atoms with Gasteiger partial charge in [0.2, 0.25) is 0 Å². The Hall–Kier alpha value is -1.03. The first-order chi connectivity index (χ1) is 9.65. The molecule has 0 aromatic carbocycles. The predicted octanol–water partition coefficient (Wildman–Crippen LogP) is 4.09. The molecule has 4 heteroatoms. The van der Waals surface area contributed by atoms with Crippen LogP contribution >= 0.6 is 0 Å². The molecule has 0 saturated carbocycles. The van der Waals surface area contributed by atoms with Gasteiger partial charge in [0.15, 0.2) is 5.75 Å². The summed E-state index contributed by atoms with van der Waals surface area (Å²) in [5.41, 5.74) is 1.18. The Labute approximate surface area is 123 Å². The summed E-state index contributed by atoms with van der Waals surface area (Å²) < 4.78 is 7.56. The van der Waals surface area contributed by atoms with Gasteiger partial charge in [-0.25, -0.2) is 0 Å². The van der Waals surface area contributed by atoms with Crippen molar-refractivity contribution in [2.75, 3.05) is 14.2 Å². The molecule has 0 spiro atoms. The lowest BCUT2D eigenvalue weighted by Gasteiger charge is -2.21. The summed E-state index contributed by atoms with van der Waals surface area (Å²) in [5.74, 6) is 0.895. The molecular formula is C16H31N3O. The van der Waals surface area contributed by atoms with E-state index in [1.807, 2.05) is 13.2 Å². The Kier molecular flexibility index (Phi) is 7.67. The Morgan fingerprint density at radius 2 is 1.95 bits per heavy atom. The summed E-state index contributed by atoms with van der Waals surface area (Å²) in [7, 11) is 3.74. The molecule has 1 unspecified atom stereocenters. The molecule has 1 atom stereocenters. The van der Waals surface area contributed by atoms with Gasteiger partial charge in [0, 0.05) is 6.04 Å². The van der Waals surface area contributed by atoms with Crippen molar-refractivity contribution >= 4 is 0 Å². The highest BCUT2D eigenvalue weighted by molar-refractivity contribution is 5.28. The Bertz CT molecular complexity index is 374. The number of unbranched alkanes of at least 4 members (excludes halogenated alkanes) is 4. The SMILES string of the molecule is CCCCCCCC(NC)c1c(OC)cnn1C(C)C. The van der Waals surface area contributed by atoms with Gasteiger partial charge in [0.05, 0.1) is 25.0 Å². The van der Waals surface area contributed by atoms with Crippen LogP contribution in [0.15, 0.2) is 6.20 Å². The van der Waals surface area contributed by atoms with Gasteiger partial charge in [-0.2, -0.15) is 5.10 Å². The van der Waals surface area contributed by atoms with Crippen molar-refractivity contribution < 1.29 is 4.74 Å². The van der Waals surface area contributed by atoms with Crippen LogP contribution < -0.4 is 10.1 Å². The van der Waals surface area contributed by atoms with Gasteiger partial charge in [-0.1, -0.05) is 39.0 Å². The fraction of sp³-hybridized carbons (Fsp3) is 0.812. The van der Waals surface area contributed by atoms with Gasteiger partial charge in [0.1, 0.15) is 0 Å². The highest BCUT2D eigenvalue weighted by atomic mass is 16.5. The average Bonchev–Trinajstić information content (AvgIpc) is 2.87. The molecule has 116 valence electrons. The monoisotopic (exact) mass is 281 g/mol. The molecule has 0 bridgehead atoms. The van der Waals surface area contributed by atoms with Gasteiger partial charge in [-0.05, 0) is 27.3 Å². The fourth-order valence-corrected chi connectivity index (χ4v) is 2.63. The topological polar surface area (TPSA) is 39.1 Å². The second-order valence-corrected chi connectivity index (χ2v) is 5.68. The van der Waals surface area contributed by atoms with Crippen LogP contribution in [0.1, 0.15) is 77.1 Å². The van der Waals surface area contributed by atoms with Crippen molar-refractivity contribution in [1.29, 1.82) is 0 Å². The smallest absolute Gasteiger partial charge is 0.161 e. The normalized spacial score (nSPS) is 12.9. The minimum absolute atomic E-state index is 0.316. The first-order valence-corrected chi connectivity index (χ1v) is 7.94. The van der Waals surface area contributed by atoms with Crippen molar-refractivity contribution in [3.8, 4) is 5.75 Å². The Balaban J connectivity index is 2.70. The van der Waals surface area contributed by atoms with Crippen molar-refractivity contribution in [1.82, 2.24) is 15.1 Å². The molecule has 20 heavy (non-hydrogen) atoms. The van der Waals surface area contributed by atoms with E-state index in [9.17, 15) is 0 Å². The maximum Gasteiger partial charge on any atom is 0.161 e. The minimum atomic E-state index is 0.316. The van der Waals surface area contributed by atoms with E-state index in [2.05, 4.69) is 35.9 Å². The molecule has 1 rings (SSSR count). The first kappa shape index (κ1) is 17.0. The molecule has 0 aliphatic rings. The summed E-state index contributed by atoms with van der Waals surface area (Å²) >= 11 is 0. The van der Waals surface area contributed by atoms with Crippen LogP contribution in [0.25, 0.3) is 0 Å². The average molecular weight is 281 g/mol. The second kappa shape index (κ2) is 9.01. The highest BCUT2D eigenvalue weighted by Crippen LogP contribution is 2.30. The molecule has 0 saturated heterocycles. The molecule has 1 heterocycles. The van der Waals surface area contributed by atoms with E-state index >= 15 is 0 Å². The molecule has 0 amide bonds. The van der Waals surface area contributed by atoms with Crippen molar-refractivity contribution in [3.05, 3.63) is 11.9 Å². The largest absolute Gasteiger partial charge is 0.493 e. The molecule has 1 N–H and O–H groups in total. The molecular weight excluding hydrogens is 250 g/mol. The van der Waals surface area contributed by atoms with Gasteiger partial charge in [0.25, 0.3) is 0 Å². The fourth-order valence-electron chi connectivity index (χ4n) is 2.63. The molecule has 1 aromatic rings. The van der Waals surface area contributed by atoms with Crippen LogP contribution in [-0.4, -0.2) is 23.9 Å². The van der Waals surface area contributed by atoms with Crippen LogP contribution in [0.5, 0.6) is 5.75 Å². The molecule has 0 aliphatic heterocycles. The lowest BCUT2D eigenvalue weighted by Crippen LogP contribution is -2.22. The number of nitrogens with one attached hydrogen (secondary N) is 1. The maximum absolute atomic E-state index is 5.48. The molecule has 0 aliphatic carbocycles. The number of rotatable bonds is 10. The number of hydrogen-bond donors (Lipinski definition) is 1. The van der Waals surface area contributed by atoms with E-state index in [4.69, 9.17) is 4.74 Å². The zero-order valence-electron chi connectivity index (χ0n) is 13.8. The van der Waals surface area contributed by atoms with Crippen LogP contribution in [0, 0.1) is 0 Å². The number of ether oxygens (including phenoxy) is 1. The summed E-state index contributed by atoms with van der Waals surface area (Å²) in [6, 6.07) is 0.668. The first-order valence-electron chi connectivity index (χ1n) is 7.94. The van der Waals surface area contributed by atoms with E-state index in [1.165, 1.54) is 37.8 Å². The maximum atomic E-state index is 5.48. The number of nitrogens with zero attached hydrogens (tertiary/aromatic N) is 2. The zero-order chi connectivity index (χ0) is 15.0. The zero-order valence-corrected chi connectivity index (χ0v) is 13.8. The number of hydrogen-bond acceptors (Lipinski definition) is 3. The quantitative estimate of drug-likeness (QED) is 0.656. The second-order valence-electron chi connectivity index (χ2n) is 5.68. The minimum Gasteiger partial charge on any atom is -0.493 e. The third-order valence-electron chi connectivity index (χ3n) is 3.78. The lowest BCUT2D eigenvalue weighted by molar-refractivity contribution is 0.379. The van der Waals surface area contributed by atoms with Crippen molar-refractivity contribution in [3.63, 3.8) is 0 Å². The van der Waals surface area contributed by atoms with Gasteiger partial charge in [-0.15, -0.1) is 0 Å². The van der Waals surface area contributed by atoms with E-state index in [1.54, 1.807) is 7.11 Å². The third kappa shape index (κ3) is 4.51. The van der Waals surface area contributed by atoms with E-state index in [-0.39, 0.29) is 0 Å².